The van der Waals surface area contributed by atoms with E-state index in [1.807, 2.05) is 0 Å². The molecule has 0 saturated carbocycles. The Morgan fingerprint density at radius 2 is 2.00 bits per heavy atom. The van der Waals surface area contributed by atoms with E-state index in [-0.39, 0.29) is 5.56 Å². The molecular formula is C15H15ClN2O6. The number of aliphatic hydroxyl groups is 3. The van der Waals surface area contributed by atoms with E-state index in [0.29, 0.717) is 10.6 Å². The van der Waals surface area contributed by atoms with Gasteiger partial charge in [0.25, 0.3) is 5.56 Å². The Labute approximate surface area is 140 Å². The van der Waals surface area contributed by atoms with Crippen LogP contribution in [0.1, 0.15) is 6.23 Å². The van der Waals surface area contributed by atoms with E-state index >= 15 is 0 Å². The van der Waals surface area contributed by atoms with Crippen LogP contribution in [0.4, 0.5) is 0 Å². The summed E-state index contributed by atoms with van der Waals surface area (Å²) in [7, 11) is 0. The molecule has 0 aliphatic carbocycles. The minimum absolute atomic E-state index is 0.148. The third-order valence-electron chi connectivity index (χ3n) is 3.89. The molecule has 1 aromatic carbocycles. The van der Waals surface area contributed by atoms with E-state index in [9.17, 15) is 19.8 Å². The second-order valence-electron chi connectivity index (χ2n) is 5.45. The Balaban J connectivity index is 2.09. The number of hydrogen-bond acceptors (Lipinski definition) is 6. The molecule has 2 heterocycles. The lowest BCUT2D eigenvalue weighted by Gasteiger charge is -2.18. The van der Waals surface area contributed by atoms with Gasteiger partial charge in [-0.25, -0.2) is 4.79 Å². The second kappa shape index (κ2) is 6.50. The predicted octanol–water partition coefficient (Wildman–Crippen LogP) is -0.531. The normalized spacial score (nSPS) is 26.7. The SMILES string of the molecule is O=c1[nH]c(=O)n([C@@H]2O[C@H](CO)[C@@H](O)[C@H]2O)cc1-c1cccc(Cl)c1. The topological polar surface area (TPSA) is 125 Å². The third-order valence-corrected chi connectivity index (χ3v) is 4.13. The van der Waals surface area contributed by atoms with Crippen LogP contribution in [0, 0.1) is 0 Å². The Kier molecular flexibility index (Phi) is 4.57. The molecule has 4 N–H and O–H groups in total. The van der Waals surface area contributed by atoms with Crippen LogP contribution in [0.2, 0.25) is 5.02 Å². The highest BCUT2D eigenvalue weighted by atomic mass is 35.5. The molecule has 1 aliphatic heterocycles. The largest absolute Gasteiger partial charge is 0.394 e. The van der Waals surface area contributed by atoms with Crippen molar-refractivity contribution in [3.8, 4) is 11.1 Å². The van der Waals surface area contributed by atoms with Crippen LogP contribution in [-0.2, 0) is 4.74 Å². The molecule has 8 nitrogen and oxygen atoms in total. The summed E-state index contributed by atoms with van der Waals surface area (Å²) in [6.07, 6.45) is -3.82. The maximum absolute atomic E-state index is 12.1. The molecule has 128 valence electrons. The van der Waals surface area contributed by atoms with Crippen molar-refractivity contribution in [1.82, 2.24) is 9.55 Å². The average Bonchev–Trinajstić information content (AvgIpc) is 2.83. The molecular weight excluding hydrogens is 340 g/mol. The molecule has 1 saturated heterocycles. The number of aliphatic hydroxyl groups excluding tert-OH is 3. The summed E-state index contributed by atoms with van der Waals surface area (Å²) in [5.74, 6) is 0. The molecule has 2 aromatic rings. The summed E-state index contributed by atoms with van der Waals surface area (Å²) in [4.78, 5) is 26.3. The standard InChI is InChI=1S/C15H15ClN2O6/c16-8-3-1-2-7(4-8)9-5-18(15(23)17-13(9)22)14-12(21)11(20)10(6-19)24-14/h1-5,10-12,14,19-21H,6H2,(H,17,22,23)/t10-,11-,12-,14-/m1/s1. The third kappa shape index (κ3) is 2.90. The van der Waals surface area contributed by atoms with Crippen molar-refractivity contribution in [2.24, 2.45) is 0 Å². The summed E-state index contributed by atoms with van der Waals surface area (Å²) in [6.45, 7) is -0.520. The van der Waals surface area contributed by atoms with Gasteiger partial charge >= 0.3 is 5.69 Å². The fourth-order valence-corrected chi connectivity index (χ4v) is 2.84. The summed E-state index contributed by atoms with van der Waals surface area (Å²) in [6, 6.07) is 6.49. The minimum atomic E-state index is -1.43. The maximum Gasteiger partial charge on any atom is 0.330 e. The number of halogens is 1. The Hall–Kier alpha value is -1.97. The van der Waals surface area contributed by atoms with E-state index in [4.69, 9.17) is 21.4 Å². The first-order chi connectivity index (χ1) is 11.4. The summed E-state index contributed by atoms with van der Waals surface area (Å²) in [5.41, 5.74) is -0.801. The van der Waals surface area contributed by atoms with E-state index in [1.54, 1.807) is 24.3 Å². The maximum atomic E-state index is 12.1. The van der Waals surface area contributed by atoms with Gasteiger partial charge in [-0.2, -0.15) is 0 Å². The van der Waals surface area contributed by atoms with Crippen molar-refractivity contribution in [3.05, 3.63) is 56.3 Å². The monoisotopic (exact) mass is 354 g/mol. The number of H-pyrrole nitrogens is 1. The van der Waals surface area contributed by atoms with Gasteiger partial charge < -0.3 is 20.1 Å². The zero-order chi connectivity index (χ0) is 17.4. The number of aromatic nitrogens is 2. The molecule has 0 amide bonds. The highest BCUT2D eigenvalue weighted by Crippen LogP contribution is 2.29. The lowest BCUT2D eigenvalue weighted by molar-refractivity contribution is -0.0549. The van der Waals surface area contributed by atoms with E-state index in [0.717, 1.165) is 4.57 Å². The molecule has 1 fully saturated rings. The van der Waals surface area contributed by atoms with Gasteiger partial charge in [-0.1, -0.05) is 23.7 Å². The number of benzene rings is 1. The van der Waals surface area contributed by atoms with Gasteiger partial charge in [0.2, 0.25) is 0 Å². The smallest absolute Gasteiger partial charge is 0.330 e. The van der Waals surface area contributed by atoms with Crippen LogP contribution in [-0.4, -0.2) is 49.8 Å². The van der Waals surface area contributed by atoms with Crippen molar-refractivity contribution in [3.63, 3.8) is 0 Å². The molecule has 0 unspecified atom stereocenters. The Morgan fingerprint density at radius 3 is 2.62 bits per heavy atom. The van der Waals surface area contributed by atoms with Crippen LogP contribution < -0.4 is 11.2 Å². The van der Waals surface area contributed by atoms with Crippen molar-refractivity contribution in [2.75, 3.05) is 6.61 Å². The van der Waals surface area contributed by atoms with Gasteiger partial charge in [0.15, 0.2) is 6.23 Å². The van der Waals surface area contributed by atoms with Gasteiger partial charge in [-0.3, -0.25) is 14.3 Å². The van der Waals surface area contributed by atoms with Crippen molar-refractivity contribution < 1.29 is 20.1 Å². The molecule has 4 atom stereocenters. The number of nitrogens with zero attached hydrogens (tertiary/aromatic N) is 1. The molecule has 0 bridgehead atoms. The molecule has 3 rings (SSSR count). The van der Waals surface area contributed by atoms with Crippen molar-refractivity contribution in [1.29, 1.82) is 0 Å². The lowest BCUT2D eigenvalue weighted by atomic mass is 10.1. The lowest BCUT2D eigenvalue weighted by Crippen LogP contribution is -2.38. The van der Waals surface area contributed by atoms with Gasteiger partial charge in [-0.05, 0) is 17.7 Å². The van der Waals surface area contributed by atoms with E-state index in [2.05, 4.69) is 4.98 Å². The molecule has 24 heavy (non-hydrogen) atoms. The summed E-state index contributed by atoms with van der Waals surface area (Å²) < 4.78 is 6.29. The van der Waals surface area contributed by atoms with Gasteiger partial charge in [0, 0.05) is 11.2 Å². The van der Waals surface area contributed by atoms with Crippen LogP contribution in [0.5, 0.6) is 0 Å². The summed E-state index contributed by atoms with van der Waals surface area (Å²) in [5, 5.41) is 29.4. The molecule has 1 aliphatic rings. The Bertz CT molecular complexity index is 864. The van der Waals surface area contributed by atoms with E-state index < -0.39 is 42.4 Å². The molecule has 0 spiro atoms. The van der Waals surface area contributed by atoms with Crippen LogP contribution in [0.3, 0.4) is 0 Å². The molecule has 1 aromatic heterocycles. The van der Waals surface area contributed by atoms with Gasteiger partial charge in [0.05, 0.1) is 12.2 Å². The first kappa shape index (κ1) is 16.9. The zero-order valence-electron chi connectivity index (χ0n) is 12.3. The number of hydrogen-bond donors (Lipinski definition) is 4. The number of nitrogens with one attached hydrogen (secondary N) is 1. The molecule has 0 radical (unpaired) electrons. The first-order valence-corrected chi connectivity index (χ1v) is 7.54. The second-order valence-corrected chi connectivity index (χ2v) is 5.88. The van der Waals surface area contributed by atoms with Crippen molar-refractivity contribution in [2.45, 2.75) is 24.5 Å². The number of rotatable bonds is 3. The van der Waals surface area contributed by atoms with Gasteiger partial charge in [-0.15, -0.1) is 0 Å². The minimum Gasteiger partial charge on any atom is -0.394 e. The highest BCUT2D eigenvalue weighted by molar-refractivity contribution is 6.30. The first-order valence-electron chi connectivity index (χ1n) is 7.16. The quantitative estimate of drug-likeness (QED) is 0.587. The highest BCUT2D eigenvalue weighted by Gasteiger charge is 2.43. The van der Waals surface area contributed by atoms with Crippen LogP contribution in [0.15, 0.2) is 40.1 Å². The van der Waals surface area contributed by atoms with Crippen molar-refractivity contribution >= 4 is 11.6 Å². The van der Waals surface area contributed by atoms with Crippen LogP contribution >= 0.6 is 11.6 Å². The number of ether oxygens (including phenoxy) is 1. The predicted molar refractivity (Wildman–Crippen MR) is 84.8 cm³/mol. The van der Waals surface area contributed by atoms with Crippen LogP contribution in [0.25, 0.3) is 11.1 Å². The van der Waals surface area contributed by atoms with Gasteiger partial charge in [0.1, 0.15) is 18.3 Å². The number of aromatic amines is 1. The fraction of sp³-hybridized carbons (Fsp3) is 0.333. The Morgan fingerprint density at radius 1 is 1.25 bits per heavy atom. The summed E-state index contributed by atoms with van der Waals surface area (Å²) >= 11 is 5.92. The molecule has 9 heteroatoms. The fourth-order valence-electron chi connectivity index (χ4n) is 2.65. The zero-order valence-corrected chi connectivity index (χ0v) is 13.1. The average molecular weight is 355 g/mol. The van der Waals surface area contributed by atoms with E-state index in [1.165, 1.54) is 6.20 Å².